The van der Waals surface area contributed by atoms with E-state index >= 15 is 0 Å². The molecule has 1 heterocycles. The Kier molecular flexibility index (Phi) is 5.83. The first-order valence-electron chi connectivity index (χ1n) is 5.12. The molecule has 0 aliphatic rings. The smallest absolute Gasteiger partial charge is 0.245 e. The summed E-state index contributed by atoms with van der Waals surface area (Å²) in [5.74, 6) is -0.806. The fourth-order valence-corrected chi connectivity index (χ4v) is 2.36. The lowest BCUT2D eigenvalue weighted by Gasteiger charge is -2.40. The van der Waals surface area contributed by atoms with E-state index in [9.17, 15) is 0 Å². The van der Waals surface area contributed by atoms with Gasteiger partial charge in [-0.25, -0.2) is 9.13 Å². The van der Waals surface area contributed by atoms with Crippen LogP contribution in [0.2, 0.25) is 0 Å². The van der Waals surface area contributed by atoms with Crippen molar-refractivity contribution in [1.29, 1.82) is 0 Å². The summed E-state index contributed by atoms with van der Waals surface area (Å²) in [6, 6.07) is 0. The van der Waals surface area contributed by atoms with Crippen molar-refractivity contribution >= 4 is 10.2 Å². The number of hydrogen-bond acceptors (Lipinski definition) is 3. The van der Waals surface area contributed by atoms with Crippen LogP contribution in [0.4, 0.5) is 0 Å². The van der Waals surface area contributed by atoms with E-state index in [1.54, 1.807) is 21.3 Å². The molecule has 1 aromatic heterocycles. The molecule has 0 radical (unpaired) electrons. The second-order valence-corrected chi connectivity index (χ2v) is 5.38. The SMILES string of the molecule is COC(C)(OC)C([SiH3])(OC)n1cc[n+](C)c1.[Cl-]. The van der Waals surface area contributed by atoms with Gasteiger partial charge < -0.3 is 26.6 Å². The Labute approximate surface area is 111 Å². The number of methoxy groups -OCH3 is 3. The maximum Gasteiger partial charge on any atom is 0.245 e. The van der Waals surface area contributed by atoms with Crippen LogP contribution in [-0.2, 0) is 26.6 Å². The fourth-order valence-electron chi connectivity index (χ4n) is 1.69. The molecule has 7 heteroatoms. The standard InChI is InChI=1S/C10H21N2O3Si.ClH/c1-9(13-3,14-4)10(16,15-5)12-7-6-11(2)8-12;/h6-8H,1-5,16H3;1H/q+1;/p-1. The third-order valence-electron chi connectivity index (χ3n) is 3.28. The zero-order chi connectivity index (χ0) is 12.4. The van der Waals surface area contributed by atoms with Gasteiger partial charge in [0.05, 0.1) is 7.05 Å². The van der Waals surface area contributed by atoms with Crippen LogP contribution in [0.25, 0.3) is 0 Å². The van der Waals surface area contributed by atoms with Gasteiger partial charge in [0.1, 0.15) is 22.6 Å². The van der Waals surface area contributed by atoms with Crippen molar-refractivity contribution in [3.8, 4) is 0 Å². The van der Waals surface area contributed by atoms with Gasteiger partial charge in [-0.15, -0.1) is 0 Å². The quantitative estimate of drug-likeness (QED) is 0.313. The zero-order valence-corrected chi connectivity index (χ0v) is 14.0. The molecule has 0 saturated heterocycles. The molecule has 1 rings (SSSR count). The van der Waals surface area contributed by atoms with E-state index in [-0.39, 0.29) is 12.4 Å². The van der Waals surface area contributed by atoms with Crippen molar-refractivity contribution in [2.45, 2.75) is 18.1 Å². The highest BCUT2D eigenvalue weighted by atomic mass is 35.5. The number of hydrogen-bond donors (Lipinski definition) is 0. The van der Waals surface area contributed by atoms with Gasteiger partial charge in [0.2, 0.25) is 17.5 Å². The normalized spacial score (nSPS) is 15.4. The minimum absolute atomic E-state index is 0. The molecule has 17 heavy (non-hydrogen) atoms. The predicted octanol–water partition coefficient (Wildman–Crippen LogP) is -4.05. The fraction of sp³-hybridized carbons (Fsp3) is 0.700. The molecular formula is C10H21ClN2O3Si. The topological polar surface area (TPSA) is 36.5 Å². The van der Waals surface area contributed by atoms with Crippen LogP contribution in [0.1, 0.15) is 6.92 Å². The van der Waals surface area contributed by atoms with Crippen molar-refractivity contribution in [1.82, 2.24) is 4.57 Å². The van der Waals surface area contributed by atoms with Crippen molar-refractivity contribution in [3.63, 3.8) is 0 Å². The molecule has 0 aromatic carbocycles. The molecule has 0 amide bonds. The summed E-state index contributed by atoms with van der Waals surface area (Å²) in [4.78, 5) is 0. The van der Waals surface area contributed by atoms with Crippen LogP contribution in [0, 0.1) is 0 Å². The van der Waals surface area contributed by atoms with Gasteiger partial charge >= 0.3 is 0 Å². The highest BCUT2D eigenvalue weighted by Crippen LogP contribution is 2.31. The van der Waals surface area contributed by atoms with Gasteiger partial charge in [-0.1, -0.05) is 0 Å². The molecule has 0 bridgehead atoms. The largest absolute Gasteiger partial charge is 1.00 e. The lowest BCUT2D eigenvalue weighted by Crippen LogP contribution is -3.00. The Hall–Kier alpha value is -0.403. The first kappa shape index (κ1) is 16.6. The molecule has 0 spiro atoms. The van der Waals surface area contributed by atoms with Gasteiger partial charge in [0.15, 0.2) is 0 Å². The van der Waals surface area contributed by atoms with E-state index in [0.717, 1.165) is 10.2 Å². The third kappa shape index (κ3) is 2.71. The molecule has 0 aliphatic heterocycles. The van der Waals surface area contributed by atoms with E-state index in [1.807, 2.05) is 41.8 Å². The Morgan fingerprint density at radius 3 is 2.00 bits per heavy atom. The van der Waals surface area contributed by atoms with Gasteiger partial charge in [-0.05, 0) is 6.92 Å². The summed E-state index contributed by atoms with van der Waals surface area (Å²) < 4.78 is 20.5. The van der Waals surface area contributed by atoms with Crippen molar-refractivity contribution in [2.24, 2.45) is 7.05 Å². The van der Waals surface area contributed by atoms with Crippen LogP contribution >= 0.6 is 0 Å². The second-order valence-electron chi connectivity index (χ2n) is 4.03. The molecule has 5 nitrogen and oxygen atoms in total. The summed E-state index contributed by atoms with van der Waals surface area (Å²) in [5, 5.41) is -0.599. The number of rotatable bonds is 5. The van der Waals surface area contributed by atoms with Gasteiger partial charge in [0.25, 0.3) is 0 Å². The van der Waals surface area contributed by atoms with Crippen molar-refractivity contribution < 1.29 is 31.2 Å². The maximum absolute atomic E-state index is 5.65. The average molecular weight is 281 g/mol. The lowest BCUT2D eigenvalue weighted by atomic mass is 10.2. The highest BCUT2D eigenvalue weighted by molar-refractivity contribution is 6.13. The molecule has 100 valence electrons. The molecular weight excluding hydrogens is 260 g/mol. The number of imidazole rings is 1. The Morgan fingerprint density at radius 2 is 1.71 bits per heavy atom. The van der Waals surface area contributed by atoms with Gasteiger partial charge in [-0.2, -0.15) is 0 Å². The minimum Gasteiger partial charge on any atom is -1.00 e. The molecule has 1 unspecified atom stereocenters. The van der Waals surface area contributed by atoms with E-state index in [4.69, 9.17) is 14.2 Å². The summed E-state index contributed by atoms with van der Waals surface area (Å²) in [5.41, 5.74) is 0. The number of ether oxygens (including phenoxy) is 3. The van der Waals surface area contributed by atoms with Crippen LogP contribution in [-0.4, -0.2) is 41.9 Å². The van der Waals surface area contributed by atoms with Crippen LogP contribution in [0.15, 0.2) is 18.7 Å². The molecule has 1 atom stereocenters. The average Bonchev–Trinajstić information content (AvgIpc) is 2.73. The van der Waals surface area contributed by atoms with Crippen LogP contribution in [0.3, 0.4) is 0 Å². The Bertz CT molecular complexity index is 357. The molecule has 1 aromatic rings. The van der Waals surface area contributed by atoms with Gasteiger partial charge in [0, 0.05) is 21.3 Å². The zero-order valence-electron chi connectivity index (χ0n) is 11.2. The Morgan fingerprint density at radius 1 is 1.18 bits per heavy atom. The second kappa shape index (κ2) is 5.97. The van der Waals surface area contributed by atoms with E-state index in [2.05, 4.69) is 0 Å². The summed E-state index contributed by atoms with van der Waals surface area (Å²) in [6.07, 6.45) is 5.86. The van der Waals surface area contributed by atoms with Crippen molar-refractivity contribution in [2.75, 3.05) is 21.3 Å². The minimum atomic E-state index is -0.806. The number of halogens is 1. The number of aryl methyl sites for hydroxylation is 1. The molecule has 0 N–H and O–H groups in total. The summed E-state index contributed by atoms with van der Waals surface area (Å²) >= 11 is 0. The molecule has 0 fully saturated rings. The van der Waals surface area contributed by atoms with Crippen LogP contribution < -0.4 is 17.0 Å². The maximum atomic E-state index is 5.65. The monoisotopic (exact) mass is 280 g/mol. The number of nitrogens with zero attached hydrogens (tertiary/aromatic N) is 2. The van der Waals surface area contributed by atoms with Crippen molar-refractivity contribution in [3.05, 3.63) is 18.7 Å². The van der Waals surface area contributed by atoms with Gasteiger partial charge in [-0.3, -0.25) is 0 Å². The summed E-state index contributed by atoms with van der Waals surface area (Å²) in [6.45, 7) is 1.88. The first-order chi connectivity index (χ1) is 7.43. The number of aromatic nitrogens is 2. The van der Waals surface area contributed by atoms with E-state index < -0.39 is 11.1 Å². The first-order valence-corrected chi connectivity index (χ1v) is 6.12. The van der Waals surface area contributed by atoms with Crippen LogP contribution in [0.5, 0.6) is 0 Å². The Balaban J connectivity index is 0.00000256. The third-order valence-corrected chi connectivity index (χ3v) is 5.11. The molecule has 0 saturated carbocycles. The van der Waals surface area contributed by atoms with E-state index in [0.29, 0.717) is 0 Å². The predicted molar refractivity (Wildman–Crippen MR) is 63.0 cm³/mol. The lowest BCUT2D eigenvalue weighted by molar-refractivity contribution is -0.671. The van der Waals surface area contributed by atoms with E-state index in [1.165, 1.54) is 0 Å². The molecule has 0 aliphatic carbocycles. The summed E-state index contributed by atoms with van der Waals surface area (Å²) in [7, 11) is 7.61. The highest BCUT2D eigenvalue weighted by Gasteiger charge is 2.51.